The molecule has 760 valence electrons. The predicted molar refractivity (Wildman–Crippen MR) is 539 cm³/mol. The Balaban J connectivity index is 0.000000252. The zero-order valence-corrected chi connectivity index (χ0v) is 87.1. The summed E-state index contributed by atoms with van der Waals surface area (Å²) in [7, 11) is 9.21. The maximum absolute atomic E-state index is 12.2. The van der Waals surface area contributed by atoms with E-state index in [1.54, 1.807) is 76.3 Å². The fourth-order valence-electron chi connectivity index (χ4n) is 14.4. The van der Waals surface area contributed by atoms with Crippen molar-refractivity contribution in [3.8, 4) is 28.7 Å². The van der Waals surface area contributed by atoms with Crippen molar-refractivity contribution < 1.29 is 77.5 Å². The van der Waals surface area contributed by atoms with Gasteiger partial charge < -0.3 is 79.2 Å². The van der Waals surface area contributed by atoms with Crippen molar-refractivity contribution in [1.82, 2.24) is 99.9 Å². The molecule has 15 rings (SSSR count). The van der Waals surface area contributed by atoms with Crippen LogP contribution in [0.2, 0.25) is 0 Å². The monoisotopic (exact) mass is 2010 g/mol. The van der Waals surface area contributed by atoms with Crippen molar-refractivity contribution in [2.24, 2.45) is 41.0 Å². The number of aromatic hydroxyl groups is 1. The number of carbonyl (C=O) groups excluding carboxylic acids is 4. The number of halogens is 2. The molecule has 0 bridgehead atoms. The average molecular weight is 2010 g/mol. The van der Waals surface area contributed by atoms with Crippen LogP contribution in [0.4, 0.5) is 9.59 Å². The highest BCUT2D eigenvalue weighted by molar-refractivity contribution is 7.59. The normalized spacial score (nSPS) is 14.3. The first-order valence-electron chi connectivity index (χ1n) is 45.4. The molecule has 7 N–H and O–H groups in total. The number of ether oxygens (including phenoxy) is 8. The van der Waals surface area contributed by atoms with Crippen LogP contribution >= 0.6 is 63.7 Å². The van der Waals surface area contributed by atoms with E-state index in [-0.39, 0.29) is 89.1 Å². The largest absolute Gasteiger partial charge is 0.508 e. The highest BCUT2D eigenvalue weighted by atomic mass is 35.5. The molecular weight excluding hydrogens is 1870 g/mol. The summed E-state index contributed by atoms with van der Waals surface area (Å²) in [4.78, 5) is 55.0. The van der Waals surface area contributed by atoms with E-state index in [1.165, 1.54) is 38.9 Å². The molecule has 0 aliphatic carbocycles. The van der Waals surface area contributed by atoms with Crippen LogP contribution in [-0.4, -0.2) is 238 Å². The van der Waals surface area contributed by atoms with Crippen LogP contribution in [0.3, 0.4) is 0 Å². The quantitative estimate of drug-likeness (QED) is 0.0176. The number of fused-ring (bicyclic) bond motifs is 5. The lowest BCUT2D eigenvalue weighted by Crippen LogP contribution is -2.39. The topological polar surface area (TPSA) is 428 Å². The van der Waals surface area contributed by atoms with Gasteiger partial charge in [0.25, 0.3) is 0 Å². The van der Waals surface area contributed by atoms with E-state index in [1.807, 2.05) is 161 Å². The summed E-state index contributed by atoms with van der Waals surface area (Å²) in [5.74, 6) is 3.77. The van der Waals surface area contributed by atoms with Crippen molar-refractivity contribution in [1.29, 1.82) is 0 Å². The number of carbonyl (C=O) groups is 4. The highest BCUT2D eigenvalue weighted by Crippen LogP contribution is 2.31. The zero-order valence-electron chi connectivity index (χ0n) is 82.6. The van der Waals surface area contributed by atoms with Crippen LogP contribution in [0.1, 0.15) is 193 Å². The van der Waals surface area contributed by atoms with E-state index in [4.69, 9.17) is 71.9 Å². The smallest absolute Gasteiger partial charge is 0.410 e. The van der Waals surface area contributed by atoms with Gasteiger partial charge in [-0.05, 0) is 251 Å². The second kappa shape index (κ2) is 56.2. The van der Waals surface area contributed by atoms with E-state index in [0.29, 0.717) is 91.0 Å². The summed E-state index contributed by atoms with van der Waals surface area (Å²) >= 11 is 10.8. The van der Waals surface area contributed by atoms with Gasteiger partial charge in [0.2, 0.25) is 0 Å². The van der Waals surface area contributed by atoms with Crippen molar-refractivity contribution in [2.75, 3.05) is 58.2 Å². The summed E-state index contributed by atoms with van der Waals surface area (Å²) in [5.41, 5.74) is 20.7. The lowest BCUT2D eigenvalue weighted by molar-refractivity contribution is -0.156. The molecule has 10 heterocycles. The fourth-order valence-corrected chi connectivity index (χ4v) is 14.8. The van der Waals surface area contributed by atoms with E-state index in [9.17, 15) is 34.5 Å². The van der Waals surface area contributed by atoms with Gasteiger partial charge in [-0.2, -0.15) is 40.5 Å². The Morgan fingerprint density at radius 3 is 1.04 bits per heavy atom. The first-order valence-corrected chi connectivity index (χ1v) is 46.5. The van der Waals surface area contributed by atoms with Crippen molar-refractivity contribution in [3.63, 3.8) is 0 Å². The number of phenolic OH excluding ortho intramolecular Hbond substituents is 1. The summed E-state index contributed by atoms with van der Waals surface area (Å²) in [6, 6.07) is 29.9. The van der Waals surface area contributed by atoms with E-state index >= 15 is 0 Å². The maximum atomic E-state index is 12.2. The molecule has 5 aliphatic rings. The van der Waals surface area contributed by atoms with Crippen molar-refractivity contribution >= 4 is 87.8 Å². The number of rotatable bonds is 25. The number of esters is 2. The summed E-state index contributed by atoms with van der Waals surface area (Å²) in [6.07, 6.45) is 12.0. The Morgan fingerprint density at radius 2 is 0.710 bits per heavy atom. The number of aromatic nitrogens is 15. The third kappa shape index (κ3) is 40.5. The number of hydrogen-bond acceptors (Lipinski definition) is 30. The predicted octanol–water partition coefficient (Wildman–Crippen LogP) is 11.3. The molecule has 0 saturated heterocycles. The molecule has 3 atom stereocenters. The number of hydrogen-bond donors (Lipinski definition) is 6. The van der Waals surface area contributed by atoms with Crippen LogP contribution in [0, 0.1) is 0 Å². The van der Waals surface area contributed by atoms with Crippen molar-refractivity contribution in [3.05, 3.63) is 206 Å². The lowest BCUT2D eigenvalue weighted by atomic mass is 9.99. The van der Waals surface area contributed by atoms with Crippen LogP contribution in [-0.2, 0) is 161 Å². The molecule has 42 heteroatoms. The number of benzene rings is 5. The second-order valence-corrected chi connectivity index (χ2v) is 38.1. The number of amides is 2. The molecule has 10 aromatic rings. The lowest BCUT2D eigenvalue weighted by Gasteiger charge is -2.31. The van der Waals surface area contributed by atoms with Gasteiger partial charge in [0, 0.05) is 132 Å². The van der Waals surface area contributed by atoms with Gasteiger partial charge in [-0.1, -0.05) is 56.4 Å². The SMILES string of the molecule is CC(C)(C)OC(=O)CC[C@H](O)CCl.CC(C)(C)OC(=O)N1CCc2cc(O)ccc2C1.Cn1nncc1CCl.Cn1nncc1COc1ccc2c(c1)CCN(C(=O)OC(C)(C)C)C2.Cn1nncc1COc1ccc2c(c1)CCN(C[C@@H](O)CCC(=O)OC(C)(C)C)C2.Cn1nncc1COc1ccc2c(c1)CCN(C[C@@H](O)CN)C2.Cn1nncc1COc1ccc2c(c1)CCNC2.S.S.S. The Labute approximate surface area is 840 Å². The molecule has 0 spiro atoms. The van der Waals surface area contributed by atoms with Gasteiger partial charge in [-0.25, -0.2) is 28.3 Å². The highest BCUT2D eigenvalue weighted by Gasteiger charge is 2.30. The molecule has 0 saturated carbocycles. The minimum absolute atomic E-state index is 0. The Hall–Kier alpha value is -10.4. The Bertz CT molecular complexity index is 5400. The minimum Gasteiger partial charge on any atom is -0.508 e. The standard InChI is InChI=1S/C22H32N4O4.C18H24N4O3.C16H23N5O2.C14H19NO3.C13H16N4O.C9H17ClO3.C4H6ClN3.3H2S/c1-22(2,3)30-21(28)8-6-19(27)14-26-10-9-16-11-20(7-5-17(16)13-26)29-15-18-12-23-24-25(18)4;1-18(2,3)25-17(23)22-8-7-13-9-16(6-5-14(13)11-22)24-12-15-10-19-20-21(15)4;1-20-14(8-18-19-20)11-23-16-3-2-13-9-21(10-15(22)7-17)5-4-12(13)6-16;1-14(2,3)18-13(17)15-7-6-10-8-12(16)5-4-11(10)9-15;1-17-12(8-15-16-17)9-18-13-3-2-11-7-14-5-4-10(11)6-13;1-9(2,3)13-8(12)5-4-7(11)6-10;1-8-4(2-5)3-6-7-8;;;/h5,7,11-12,19,27H,6,8-10,13-15H2,1-4H3;5-6,9-10H,7-8,11-12H2,1-4H3;2-3,6,8,15,22H,4-5,7,9-11,17H2,1H3;4-5,8,16H,6-7,9H2,1-3H3;2-3,6,8,14H,4-5,7,9H2,1H3;7,11H,4-6H2,1-3H3;3H,2H2,1H3;3*1H2/t19-;;15-;;;7-;;;;/m0.0..0..../s1. The average Bonchev–Trinajstić information content (AvgIpc) is 1.23. The number of aryl methyl sites for hydroxylation is 5. The van der Waals surface area contributed by atoms with E-state index in [0.717, 1.165) is 140 Å². The first-order chi connectivity index (χ1) is 64.0. The van der Waals surface area contributed by atoms with Crippen LogP contribution in [0.15, 0.2) is 122 Å². The van der Waals surface area contributed by atoms with Gasteiger partial charge >= 0.3 is 24.1 Å². The maximum Gasteiger partial charge on any atom is 0.410 e. The summed E-state index contributed by atoms with van der Waals surface area (Å²) in [6.45, 7) is 33.3. The summed E-state index contributed by atoms with van der Waals surface area (Å²) < 4.78 is 52.9. The molecule has 0 fully saturated rings. The molecule has 37 nitrogen and oxygen atoms in total. The third-order valence-corrected chi connectivity index (χ3v) is 22.2. The summed E-state index contributed by atoms with van der Waals surface area (Å²) in [5, 5.41) is 80.1. The Kier molecular flexibility index (Phi) is 47.4. The minimum atomic E-state index is -0.616. The van der Waals surface area contributed by atoms with Gasteiger partial charge in [0.15, 0.2) is 0 Å². The second-order valence-electron chi connectivity index (χ2n) is 37.5. The molecule has 2 amide bonds. The van der Waals surface area contributed by atoms with Crippen molar-refractivity contribution in [2.45, 2.75) is 247 Å². The number of aliphatic hydroxyl groups is 3. The van der Waals surface area contributed by atoms with E-state index in [2.05, 4.69) is 103 Å². The molecule has 5 aromatic heterocycles. The number of aliphatic hydroxyl groups excluding tert-OH is 3. The van der Waals surface area contributed by atoms with Crippen LogP contribution in [0.25, 0.3) is 0 Å². The van der Waals surface area contributed by atoms with Gasteiger partial charge in [-0.3, -0.25) is 24.1 Å². The number of alkyl halides is 2. The number of phenols is 1. The molecule has 0 radical (unpaired) electrons. The molecule has 138 heavy (non-hydrogen) atoms. The van der Waals surface area contributed by atoms with Crippen LogP contribution in [0.5, 0.6) is 28.7 Å². The number of nitrogens with zero attached hydrogens (tertiary/aromatic N) is 19. The van der Waals surface area contributed by atoms with E-state index < -0.39 is 40.7 Å². The van der Waals surface area contributed by atoms with Gasteiger partial charge in [-0.15, -0.1) is 48.7 Å². The molecule has 0 unspecified atom stereocenters. The number of nitrogens with two attached hydrogens (primary N) is 1. The van der Waals surface area contributed by atoms with Gasteiger partial charge in [0.05, 0.1) is 83.6 Å². The van der Waals surface area contributed by atoms with Crippen LogP contribution < -0.4 is 30.0 Å². The zero-order chi connectivity index (χ0) is 98.2. The third-order valence-electron chi connectivity index (χ3n) is 21.6. The Morgan fingerprint density at radius 1 is 0.399 bits per heavy atom. The fraction of sp³-hybridized carbons (Fsp3) is 0.542. The van der Waals surface area contributed by atoms with Gasteiger partial charge in [0.1, 0.15) is 77.6 Å². The molecular formula is C96H143Cl2N21O16S3. The first kappa shape index (κ1) is 116. The number of nitrogens with one attached hydrogen (secondary N) is 1. The number of β-amino-alcohol motifs (C(OH)–C–C–N with tert-alkyl or cyclic N) is 2. The molecule has 5 aromatic carbocycles. The molecule has 5 aliphatic heterocycles.